The molecule has 3 rings (SSSR count). The maximum Gasteiger partial charge on any atom is 0.258 e. The largest absolute Gasteiger partial charge is 0.290 e. The molecule has 0 aliphatic heterocycles. The van der Waals surface area contributed by atoms with Gasteiger partial charge in [-0.3, -0.25) is 14.5 Å². The summed E-state index contributed by atoms with van der Waals surface area (Å²) in [5.41, 5.74) is 0.851. The first-order chi connectivity index (χ1) is 9.65. The van der Waals surface area contributed by atoms with Gasteiger partial charge in [0, 0.05) is 11.8 Å². The van der Waals surface area contributed by atoms with Crippen molar-refractivity contribution in [3.05, 3.63) is 59.0 Å². The van der Waals surface area contributed by atoms with Crippen LogP contribution < -0.4 is 5.32 Å². The minimum absolute atomic E-state index is 0.108. The number of anilines is 1. The third-order valence-electron chi connectivity index (χ3n) is 2.72. The zero-order chi connectivity index (χ0) is 14.1. The Bertz CT molecular complexity index is 802. The maximum absolute atomic E-state index is 13.1. The van der Waals surface area contributed by atoms with E-state index in [0.29, 0.717) is 5.65 Å². The van der Waals surface area contributed by atoms with Crippen LogP contribution in [-0.4, -0.2) is 20.5 Å². The SMILES string of the molecule is O=C(Nc1nnc2ccccn12)c1ccc(F)c(Cl)c1. The molecule has 0 fully saturated rings. The number of amides is 1. The number of rotatable bonds is 2. The average Bonchev–Trinajstić information content (AvgIpc) is 2.85. The van der Waals surface area contributed by atoms with Crippen LogP contribution in [0, 0.1) is 5.82 Å². The molecule has 0 radical (unpaired) electrons. The number of hydrogen-bond donors (Lipinski definition) is 1. The van der Waals surface area contributed by atoms with E-state index in [2.05, 4.69) is 15.5 Å². The van der Waals surface area contributed by atoms with Gasteiger partial charge in [-0.05, 0) is 30.3 Å². The number of fused-ring (bicyclic) bond motifs is 1. The number of halogens is 2. The Kier molecular flexibility index (Phi) is 3.08. The van der Waals surface area contributed by atoms with E-state index in [1.54, 1.807) is 22.7 Å². The average molecular weight is 291 g/mol. The Morgan fingerprint density at radius 2 is 2.10 bits per heavy atom. The lowest BCUT2D eigenvalue weighted by Crippen LogP contribution is -2.14. The zero-order valence-electron chi connectivity index (χ0n) is 10.0. The van der Waals surface area contributed by atoms with Crippen molar-refractivity contribution < 1.29 is 9.18 Å². The molecule has 2 aromatic heterocycles. The lowest BCUT2D eigenvalue weighted by molar-refractivity contribution is 0.102. The summed E-state index contributed by atoms with van der Waals surface area (Å²) in [6.07, 6.45) is 1.72. The molecule has 0 aliphatic carbocycles. The van der Waals surface area contributed by atoms with Gasteiger partial charge in [0.1, 0.15) is 5.82 Å². The van der Waals surface area contributed by atoms with E-state index in [0.717, 1.165) is 6.07 Å². The summed E-state index contributed by atoms with van der Waals surface area (Å²) in [6.45, 7) is 0. The first-order valence-electron chi connectivity index (χ1n) is 5.71. The quantitative estimate of drug-likeness (QED) is 0.789. The number of nitrogens with one attached hydrogen (secondary N) is 1. The summed E-state index contributed by atoms with van der Waals surface area (Å²) in [4.78, 5) is 12.0. The second kappa shape index (κ2) is 4.90. The Morgan fingerprint density at radius 1 is 1.25 bits per heavy atom. The first-order valence-corrected chi connectivity index (χ1v) is 6.09. The van der Waals surface area contributed by atoms with E-state index < -0.39 is 11.7 Å². The van der Waals surface area contributed by atoms with Crippen molar-refractivity contribution in [1.82, 2.24) is 14.6 Å². The van der Waals surface area contributed by atoms with E-state index in [1.807, 2.05) is 6.07 Å². The monoisotopic (exact) mass is 290 g/mol. The number of carbonyl (C=O) groups excluding carboxylic acids is 1. The van der Waals surface area contributed by atoms with Crippen LogP contribution in [0.15, 0.2) is 42.6 Å². The van der Waals surface area contributed by atoms with Crippen LogP contribution in [-0.2, 0) is 0 Å². The fourth-order valence-corrected chi connectivity index (χ4v) is 1.92. The lowest BCUT2D eigenvalue weighted by atomic mass is 10.2. The van der Waals surface area contributed by atoms with Crippen LogP contribution in [0.1, 0.15) is 10.4 Å². The van der Waals surface area contributed by atoms with Crippen LogP contribution in [0.3, 0.4) is 0 Å². The Hall–Kier alpha value is -2.47. The number of benzene rings is 1. The van der Waals surface area contributed by atoms with Crippen molar-refractivity contribution in [3.8, 4) is 0 Å². The fourth-order valence-electron chi connectivity index (χ4n) is 1.74. The summed E-state index contributed by atoms with van der Waals surface area (Å²) in [6, 6.07) is 9.11. The maximum atomic E-state index is 13.1. The predicted molar refractivity (Wildman–Crippen MR) is 72.4 cm³/mol. The number of pyridine rings is 1. The van der Waals surface area contributed by atoms with Crippen molar-refractivity contribution in [2.24, 2.45) is 0 Å². The molecule has 20 heavy (non-hydrogen) atoms. The molecule has 100 valence electrons. The fraction of sp³-hybridized carbons (Fsp3) is 0. The van der Waals surface area contributed by atoms with Gasteiger partial charge in [0.05, 0.1) is 5.02 Å². The van der Waals surface area contributed by atoms with Crippen LogP contribution in [0.5, 0.6) is 0 Å². The van der Waals surface area contributed by atoms with Gasteiger partial charge in [0.15, 0.2) is 5.65 Å². The molecular formula is C13H8ClFN4O. The zero-order valence-corrected chi connectivity index (χ0v) is 10.8. The molecule has 1 aromatic carbocycles. The summed E-state index contributed by atoms with van der Waals surface area (Å²) >= 11 is 5.65. The van der Waals surface area contributed by atoms with E-state index >= 15 is 0 Å². The minimum Gasteiger partial charge on any atom is -0.290 e. The molecule has 5 nitrogen and oxygen atoms in total. The van der Waals surface area contributed by atoms with Crippen LogP contribution in [0.4, 0.5) is 10.3 Å². The minimum atomic E-state index is -0.573. The van der Waals surface area contributed by atoms with Crippen molar-refractivity contribution in [2.75, 3.05) is 5.32 Å². The Labute approximate surface area is 118 Å². The molecule has 0 aliphatic rings. The van der Waals surface area contributed by atoms with Crippen LogP contribution >= 0.6 is 11.6 Å². The van der Waals surface area contributed by atoms with Crippen molar-refractivity contribution in [3.63, 3.8) is 0 Å². The molecule has 0 atom stereocenters. The van der Waals surface area contributed by atoms with Gasteiger partial charge in [-0.2, -0.15) is 0 Å². The topological polar surface area (TPSA) is 59.3 Å². The number of nitrogens with zero attached hydrogens (tertiary/aromatic N) is 3. The van der Waals surface area contributed by atoms with Crippen LogP contribution in [0.2, 0.25) is 5.02 Å². The molecule has 0 unspecified atom stereocenters. The molecule has 2 heterocycles. The number of hydrogen-bond acceptors (Lipinski definition) is 3. The van der Waals surface area contributed by atoms with E-state index in [-0.39, 0.29) is 16.5 Å². The Morgan fingerprint density at radius 3 is 2.90 bits per heavy atom. The van der Waals surface area contributed by atoms with Gasteiger partial charge in [-0.25, -0.2) is 4.39 Å². The molecule has 1 amide bonds. The van der Waals surface area contributed by atoms with Gasteiger partial charge in [0.25, 0.3) is 5.91 Å². The van der Waals surface area contributed by atoms with E-state index in [1.165, 1.54) is 12.1 Å². The summed E-state index contributed by atoms with van der Waals surface area (Å²) in [5.74, 6) is -0.729. The highest BCUT2D eigenvalue weighted by Crippen LogP contribution is 2.17. The summed E-state index contributed by atoms with van der Waals surface area (Å²) in [5, 5.41) is 10.3. The number of aromatic nitrogens is 3. The summed E-state index contributed by atoms with van der Waals surface area (Å²) < 4.78 is 14.7. The highest BCUT2D eigenvalue weighted by Gasteiger charge is 2.12. The number of carbonyl (C=O) groups is 1. The third kappa shape index (κ3) is 2.21. The smallest absolute Gasteiger partial charge is 0.258 e. The molecule has 3 aromatic rings. The molecule has 1 N–H and O–H groups in total. The van der Waals surface area contributed by atoms with E-state index in [9.17, 15) is 9.18 Å². The second-order valence-electron chi connectivity index (χ2n) is 4.04. The van der Waals surface area contributed by atoms with Crippen molar-refractivity contribution >= 4 is 29.1 Å². The molecule has 0 spiro atoms. The lowest BCUT2D eigenvalue weighted by Gasteiger charge is -2.04. The highest BCUT2D eigenvalue weighted by molar-refractivity contribution is 6.31. The first kappa shape index (κ1) is 12.6. The molecular weight excluding hydrogens is 283 g/mol. The molecule has 7 heteroatoms. The van der Waals surface area contributed by atoms with Gasteiger partial charge < -0.3 is 0 Å². The Balaban J connectivity index is 1.90. The van der Waals surface area contributed by atoms with Gasteiger partial charge in [-0.15, -0.1) is 10.2 Å². The van der Waals surface area contributed by atoms with Gasteiger partial charge in [0.2, 0.25) is 5.95 Å². The van der Waals surface area contributed by atoms with Gasteiger partial charge in [-0.1, -0.05) is 17.7 Å². The molecule has 0 saturated carbocycles. The normalized spacial score (nSPS) is 10.7. The standard InChI is InChI=1S/C13H8ClFN4O/c14-9-7-8(4-5-10(9)15)12(20)16-13-18-17-11-3-1-2-6-19(11)13/h1-7H,(H,16,18,20). The molecule has 0 bridgehead atoms. The van der Waals surface area contributed by atoms with Crippen molar-refractivity contribution in [2.45, 2.75) is 0 Å². The molecule has 0 saturated heterocycles. The summed E-state index contributed by atoms with van der Waals surface area (Å²) in [7, 11) is 0. The van der Waals surface area contributed by atoms with Crippen LogP contribution in [0.25, 0.3) is 5.65 Å². The van der Waals surface area contributed by atoms with Gasteiger partial charge >= 0.3 is 0 Å². The van der Waals surface area contributed by atoms with Crippen molar-refractivity contribution in [1.29, 1.82) is 0 Å². The third-order valence-corrected chi connectivity index (χ3v) is 3.01. The second-order valence-corrected chi connectivity index (χ2v) is 4.44. The highest BCUT2D eigenvalue weighted by atomic mass is 35.5. The predicted octanol–water partition coefficient (Wildman–Crippen LogP) is 2.77. The van der Waals surface area contributed by atoms with E-state index in [4.69, 9.17) is 11.6 Å².